The van der Waals surface area contributed by atoms with Crippen molar-refractivity contribution in [2.75, 3.05) is 11.9 Å². The second-order valence-corrected chi connectivity index (χ2v) is 5.14. The van der Waals surface area contributed by atoms with Crippen molar-refractivity contribution in [3.63, 3.8) is 0 Å². The molecule has 1 N–H and O–H groups in total. The SMILES string of the molecule is Cc1nc(NCC(C)c2nccs2)ccc1[N+](=O)[O-]. The molecule has 1 unspecified atom stereocenters. The number of pyridine rings is 1. The molecule has 0 fully saturated rings. The summed E-state index contributed by atoms with van der Waals surface area (Å²) in [5.74, 6) is 0.920. The molecule has 2 heterocycles. The van der Waals surface area contributed by atoms with Gasteiger partial charge in [-0.2, -0.15) is 0 Å². The lowest BCUT2D eigenvalue weighted by Crippen LogP contribution is -2.11. The van der Waals surface area contributed by atoms with Gasteiger partial charge in [-0.15, -0.1) is 11.3 Å². The minimum atomic E-state index is -0.426. The molecule has 0 saturated carbocycles. The van der Waals surface area contributed by atoms with Crippen LogP contribution in [0.25, 0.3) is 0 Å². The van der Waals surface area contributed by atoms with Crippen LogP contribution >= 0.6 is 11.3 Å². The zero-order valence-electron chi connectivity index (χ0n) is 10.7. The first-order chi connectivity index (χ1) is 9.08. The predicted molar refractivity (Wildman–Crippen MR) is 74.6 cm³/mol. The quantitative estimate of drug-likeness (QED) is 0.671. The highest BCUT2D eigenvalue weighted by Gasteiger charge is 2.13. The van der Waals surface area contributed by atoms with E-state index in [9.17, 15) is 10.1 Å². The maximum absolute atomic E-state index is 10.7. The molecule has 1 atom stereocenters. The molecule has 0 spiro atoms. The minimum Gasteiger partial charge on any atom is -0.369 e. The van der Waals surface area contributed by atoms with Crippen LogP contribution < -0.4 is 5.32 Å². The first kappa shape index (κ1) is 13.4. The molecular weight excluding hydrogens is 264 g/mol. The van der Waals surface area contributed by atoms with E-state index in [0.717, 1.165) is 5.01 Å². The van der Waals surface area contributed by atoms with Gasteiger partial charge in [-0.05, 0) is 13.0 Å². The Labute approximate surface area is 114 Å². The lowest BCUT2D eigenvalue weighted by Gasteiger charge is -2.10. The lowest BCUT2D eigenvalue weighted by atomic mass is 10.2. The molecule has 0 aliphatic rings. The summed E-state index contributed by atoms with van der Waals surface area (Å²) in [7, 11) is 0. The Morgan fingerprint density at radius 3 is 2.89 bits per heavy atom. The number of nitro groups is 1. The van der Waals surface area contributed by atoms with Crippen molar-refractivity contribution in [1.29, 1.82) is 0 Å². The number of hydrogen-bond donors (Lipinski definition) is 1. The number of rotatable bonds is 5. The maximum Gasteiger partial charge on any atom is 0.290 e. The van der Waals surface area contributed by atoms with Crippen molar-refractivity contribution in [2.24, 2.45) is 0 Å². The number of thiazole rings is 1. The zero-order chi connectivity index (χ0) is 13.8. The summed E-state index contributed by atoms with van der Waals surface area (Å²) in [6, 6.07) is 3.10. The van der Waals surface area contributed by atoms with Crippen molar-refractivity contribution in [3.05, 3.63) is 44.5 Å². The van der Waals surface area contributed by atoms with Crippen molar-refractivity contribution in [1.82, 2.24) is 9.97 Å². The third-order valence-corrected chi connectivity index (χ3v) is 3.72. The van der Waals surface area contributed by atoms with E-state index in [-0.39, 0.29) is 11.6 Å². The van der Waals surface area contributed by atoms with Gasteiger partial charge in [0, 0.05) is 30.1 Å². The standard InChI is InChI=1S/C12H14N4O2S/c1-8(12-13-5-6-19-12)7-14-11-4-3-10(16(17)18)9(2)15-11/h3-6,8H,7H2,1-2H3,(H,14,15). The minimum absolute atomic E-state index is 0.0403. The molecule has 7 heteroatoms. The third-order valence-electron chi connectivity index (χ3n) is 2.72. The Morgan fingerprint density at radius 2 is 2.32 bits per heavy atom. The van der Waals surface area contributed by atoms with Crippen molar-refractivity contribution < 1.29 is 4.92 Å². The smallest absolute Gasteiger partial charge is 0.290 e. The van der Waals surface area contributed by atoms with Gasteiger partial charge in [0.2, 0.25) is 0 Å². The number of anilines is 1. The molecule has 19 heavy (non-hydrogen) atoms. The van der Waals surface area contributed by atoms with E-state index in [1.807, 2.05) is 5.38 Å². The van der Waals surface area contributed by atoms with E-state index in [0.29, 0.717) is 18.1 Å². The summed E-state index contributed by atoms with van der Waals surface area (Å²) < 4.78 is 0. The molecule has 0 radical (unpaired) electrons. The summed E-state index contributed by atoms with van der Waals surface area (Å²) >= 11 is 1.61. The number of aromatic nitrogens is 2. The topological polar surface area (TPSA) is 81.0 Å². The van der Waals surface area contributed by atoms with Crippen molar-refractivity contribution >= 4 is 22.8 Å². The molecule has 0 saturated heterocycles. The fourth-order valence-corrected chi connectivity index (χ4v) is 2.37. The first-order valence-corrected chi connectivity index (χ1v) is 6.71. The largest absolute Gasteiger partial charge is 0.369 e. The maximum atomic E-state index is 10.7. The van der Waals surface area contributed by atoms with Crippen LogP contribution in [0.4, 0.5) is 11.5 Å². The number of nitrogens with zero attached hydrogens (tertiary/aromatic N) is 3. The second kappa shape index (κ2) is 5.75. The van der Waals surface area contributed by atoms with Crippen molar-refractivity contribution in [3.8, 4) is 0 Å². The van der Waals surface area contributed by atoms with E-state index < -0.39 is 4.92 Å². The Kier molecular flexibility index (Phi) is 4.06. The molecule has 2 aromatic rings. The summed E-state index contributed by atoms with van der Waals surface area (Å²) in [6.45, 7) is 4.40. The van der Waals surface area contributed by atoms with Gasteiger partial charge in [0.1, 0.15) is 11.5 Å². The molecule has 0 bridgehead atoms. The predicted octanol–water partition coefficient (Wildman–Crippen LogP) is 2.97. The molecular formula is C12H14N4O2S. The van der Waals surface area contributed by atoms with Crippen LogP contribution in [0, 0.1) is 17.0 Å². The summed E-state index contributed by atoms with van der Waals surface area (Å²) in [5.41, 5.74) is 0.454. The van der Waals surface area contributed by atoms with Crippen LogP contribution in [0.2, 0.25) is 0 Å². The van der Waals surface area contributed by atoms with Gasteiger partial charge in [-0.25, -0.2) is 9.97 Å². The molecule has 100 valence electrons. The van der Waals surface area contributed by atoms with Gasteiger partial charge in [-0.3, -0.25) is 10.1 Å². The van der Waals surface area contributed by atoms with Gasteiger partial charge in [0.05, 0.1) is 9.93 Å². The van der Waals surface area contributed by atoms with E-state index >= 15 is 0 Å². The second-order valence-electron chi connectivity index (χ2n) is 4.21. The Balaban J connectivity index is 2.00. The monoisotopic (exact) mass is 278 g/mol. The van der Waals surface area contributed by atoms with Gasteiger partial charge in [-0.1, -0.05) is 6.92 Å². The molecule has 0 aliphatic heterocycles. The lowest BCUT2D eigenvalue weighted by molar-refractivity contribution is -0.385. The Hall–Kier alpha value is -2.02. The molecule has 2 rings (SSSR count). The molecule has 0 aromatic carbocycles. The van der Waals surface area contributed by atoms with Gasteiger partial charge in [0.15, 0.2) is 0 Å². The summed E-state index contributed by atoms with van der Waals surface area (Å²) in [4.78, 5) is 18.7. The fourth-order valence-electron chi connectivity index (χ4n) is 1.67. The van der Waals surface area contributed by atoms with E-state index in [4.69, 9.17) is 0 Å². The van der Waals surface area contributed by atoms with Crippen LogP contribution in [0.15, 0.2) is 23.7 Å². The highest BCUT2D eigenvalue weighted by atomic mass is 32.1. The summed E-state index contributed by atoms with van der Waals surface area (Å²) in [6.07, 6.45) is 1.78. The summed E-state index contributed by atoms with van der Waals surface area (Å²) in [5, 5.41) is 16.9. The third kappa shape index (κ3) is 3.25. The van der Waals surface area contributed by atoms with Crippen LogP contribution in [-0.4, -0.2) is 21.4 Å². The molecule has 0 amide bonds. The van der Waals surface area contributed by atoms with E-state index in [1.54, 1.807) is 30.5 Å². The normalized spacial score (nSPS) is 12.1. The molecule has 2 aromatic heterocycles. The zero-order valence-corrected chi connectivity index (χ0v) is 11.5. The highest BCUT2D eigenvalue weighted by Crippen LogP contribution is 2.20. The number of hydrogen-bond acceptors (Lipinski definition) is 6. The number of aryl methyl sites for hydroxylation is 1. The fraction of sp³-hybridized carbons (Fsp3) is 0.333. The van der Waals surface area contributed by atoms with E-state index in [2.05, 4.69) is 22.2 Å². The Bertz CT molecular complexity index is 571. The molecule has 6 nitrogen and oxygen atoms in total. The van der Waals surface area contributed by atoms with Crippen molar-refractivity contribution in [2.45, 2.75) is 19.8 Å². The highest BCUT2D eigenvalue weighted by molar-refractivity contribution is 7.09. The van der Waals surface area contributed by atoms with Crippen LogP contribution in [0.3, 0.4) is 0 Å². The van der Waals surface area contributed by atoms with E-state index in [1.165, 1.54) is 6.07 Å². The van der Waals surface area contributed by atoms with Gasteiger partial charge in [0.25, 0.3) is 5.69 Å². The van der Waals surface area contributed by atoms with Crippen LogP contribution in [0.5, 0.6) is 0 Å². The van der Waals surface area contributed by atoms with Crippen LogP contribution in [-0.2, 0) is 0 Å². The van der Waals surface area contributed by atoms with Crippen LogP contribution in [0.1, 0.15) is 23.5 Å². The van der Waals surface area contributed by atoms with Gasteiger partial charge < -0.3 is 5.32 Å². The first-order valence-electron chi connectivity index (χ1n) is 5.83. The average molecular weight is 278 g/mol. The number of nitrogens with one attached hydrogen (secondary N) is 1. The Morgan fingerprint density at radius 1 is 1.53 bits per heavy atom. The van der Waals surface area contributed by atoms with Gasteiger partial charge >= 0.3 is 0 Å². The average Bonchev–Trinajstić information content (AvgIpc) is 2.89. The molecule has 0 aliphatic carbocycles.